The van der Waals surface area contributed by atoms with E-state index < -0.39 is 0 Å². The molecule has 0 aliphatic heterocycles. The Labute approximate surface area is 108 Å². The highest BCUT2D eigenvalue weighted by Crippen LogP contribution is 2.29. The molecule has 0 saturated heterocycles. The number of nitrogens with one attached hydrogen (secondary N) is 1. The van der Waals surface area contributed by atoms with Gasteiger partial charge in [-0.25, -0.2) is 0 Å². The Morgan fingerprint density at radius 2 is 2.25 bits per heavy atom. The number of hydrogen-bond acceptors (Lipinski definition) is 3. The van der Waals surface area contributed by atoms with Crippen molar-refractivity contribution in [2.45, 2.75) is 13.2 Å². The molecule has 1 aromatic carbocycles. The first kappa shape index (κ1) is 11.9. The zero-order valence-electron chi connectivity index (χ0n) is 9.34. The topological polar surface area (TPSA) is 34.4 Å². The maximum absolute atomic E-state index is 5.87. The second-order valence-corrected chi connectivity index (χ2v) is 4.75. The van der Waals surface area contributed by atoms with Gasteiger partial charge < -0.3 is 14.5 Å². The van der Waals surface area contributed by atoms with E-state index in [1.54, 1.807) is 7.11 Å². The molecule has 2 aromatic rings. The third-order valence-electron chi connectivity index (χ3n) is 2.48. The molecule has 0 unspecified atom stereocenters. The molecule has 4 heteroatoms. The standard InChI is InChI=1S/C12H14INO2/c1-14-6-11-9(7-15-2)8-4-3-5-10(13)12(8)16-11/h3-5,14H,6-7H2,1-2H3. The van der Waals surface area contributed by atoms with Crippen LogP contribution in [0.3, 0.4) is 0 Å². The molecule has 1 aromatic heterocycles. The van der Waals surface area contributed by atoms with Gasteiger partial charge in [0.15, 0.2) is 0 Å². The molecule has 0 spiro atoms. The van der Waals surface area contributed by atoms with E-state index in [-0.39, 0.29) is 0 Å². The van der Waals surface area contributed by atoms with Gasteiger partial charge in [-0.05, 0) is 35.7 Å². The van der Waals surface area contributed by atoms with Crippen LogP contribution >= 0.6 is 22.6 Å². The molecule has 16 heavy (non-hydrogen) atoms. The predicted molar refractivity (Wildman–Crippen MR) is 72.4 cm³/mol. The summed E-state index contributed by atoms with van der Waals surface area (Å²) < 4.78 is 12.2. The number of rotatable bonds is 4. The summed E-state index contributed by atoms with van der Waals surface area (Å²) >= 11 is 2.29. The normalized spacial score (nSPS) is 11.2. The minimum Gasteiger partial charge on any atom is -0.458 e. The monoisotopic (exact) mass is 331 g/mol. The third-order valence-corrected chi connectivity index (χ3v) is 3.33. The minimum atomic E-state index is 0.587. The molecule has 0 aliphatic rings. The van der Waals surface area contributed by atoms with E-state index in [9.17, 15) is 0 Å². The van der Waals surface area contributed by atoms with Crippen LogP contribution in [0.4, 0.5) is 0 Å². The van der Waals surface area contributed by atoms with E-state index in [1.165, 1.54) is 0 Å². The van der Waals surface area contributed by atoms with Crippen molar-refractivity contribution in [3.8, 4) is 0 Å². The van der Waals surface area contributed by atoms with Crippen LogP contribution in [-0.4, -0.2) is 14.2 Å². The Hall–Kier alpha value is -0.590. The van der Waals surface area contributed by atoms with E-state index in [4.69, 9.17) is 9.15 Å². The van der Waals surface area contributed by atoms with Gasteiger partial charge in [0.05, 0.1) is 16.7 Å². The van der Waals surface area contributed by atoms with Gasteiger partial charge in [0.2, 0.25) is 0 Å². The number of methoxy groups -OCH3 is 1. The van der Waals surface area contributed by atoms with Crippen molar-refractivity contribution >= 4 is 33.6 Å². The van der Waals surface area contributed by atoms with Crippen molar-refractivity contribution in [1.82, 2.24) is 5.32 Å². The summed E-state index contributed by atoms with van der Waals surface area (Å²) in [5.74, 6) is 0.962. The first-order valence-electron chi connectivity index (χ1n) is 5.10. The van der Waals surface area contributed by atoms with E-state index in [2.05, 4.69) is 34.0 Å². The summed E-state index contributed by atoms with van der Waals surface area (Å²) in [5, 5.41) is 4.26. The van der Waals surface area contributed by atoms with Gasteiger partial charge >= 0.3 is 0 Å². The summed E-state index contributed by atoms with van der Waals surface area (Å²) in [6.45, 7) is 1.31. The number of para-hydroxylation sites is 1. The van der Waals surface area contributed by atoms with Gasteiger partial charge in [-0.2, -0.15) is 0 Å². The lowest BCUT2D eigenvalue weighted by Crippen LogP contribution is -2.06. The summed E-state index contributed by atoms with van der Waals surface area (Å²) in [6, 6.07) is 6.17. The van der Waals surface area contributed by atoms with Crippen molar-refractivity contribution in [3.05, 3.63) is 33.1 Å². The highest BCUT2D eigenvalue weighted by Gasteiger charge is 2.14. The van der Waals surface area contributed by atoms with Crippen LogP contribution in [0.25, 0.3) is 11.0 Å². The molecule has 0 radical (unpaired) electrons. The van der Waals surface area contributed by atoms with Gasteiger partial charge in [0.1, 0.15) is 11.3 Å². The number of fused-ring (bicyclic) bond motifs is 1. The maximum atomic E-state index is 5.87. The fraction of sp³-hybridized carbons (Fsp3) is 0.333. The van der Waals surface area contributed by atoms with Gasteiger partial charge in [-0.1, -0.05) is 12.1 Å². The molecule has 1 heterocycles. The molecule has 0 atom stereocenters. The molecule has 1 N–H and O–H groups in total. The Kier molecular flexibility index (Phi) is 3.83. The van der Waals surface area contributed by atoms with Gasteiger partial charge in [0, 0.05) is 18.1 Å². The SMILES string of the molecule is CNCc1oc2c(I)cccc2c1COC. The van der Waals surface area contributed by atoms with E-state index >= 15 is 0 Å². The number of benzene rings is 1. The lowest BCUT2D eigenvalue weighted by atomic mass is 10.1. The Morgan fingerprint density at radius 1 is 1.44 bits per heavy atom. The minimum absolute atomic E-state index is 0.587. The zero-order valence-corrected chi connectivity index (χ0v) is 11.5. The van der Waals surface area contributed by atoms with Crippen LogP contribution in [0.2, 0.25) is 0 Å². The molecule has 2 rings (SSSR count). The lowest BCUT2D eigenvalue weighted by molar-refractivity contribution is 0.183. The summed E-state index contributed by atoms with van der Waals surface area (Å²) in [6.07, 6.45) is 0. The molecule has 0 fully saturated rings. The summed E-state index contributed by atoms with van der Waals surface area (Å²) in [7, 11) is 3.62. The average Bonchev–Trinajstić information content (AvgIpc) is 2.61. The number of ether oxygens (including phenoxy) is 1. The van der Waals surface area contributed by atoms with Gasteiger partial charge in [-0.3, -0.25) is 0 Å². The quantitative estimate of drug-likeness (QED) is 0.875. The number of furan rings is 1. The fourth-order valence-electron chi connectivity index (χ4n) is 1.79. The summed E-state index contributed by atoms with van der Waals surface area (Å²) in [4.78, 5) is 0. The molecule has 0 amide bonds. The first-order valence-corrected chi connectivity index (χ1v) is 6.18. The van der Waals surface area contributed by atoms with Gasteiger partial charge in [-0.15, -0.1) is 0 Å². The van der Waals surface area contributed by atoms with Crippen LogP contribution < -0.4 is 5.32 Å². The van der Waals surface area contributed by atoms with E-state index in [0.29, 0.717) is 6.61 Å². The zero-order chi connectivity index (χ0) is 11.5. The van der Waals surface area contributed by atoms with Crippen LogP contribution in [0, 0.1) is 3.57 Å². The Bertz CT molecular complexity index is 493. The van der Waals surface area contributed by atoms with E-state index in [0.717, 1.165) is 32.4 Å². The number of halogens is 1. The van der Waals surface area contributed by atoms with Gasteiger partial charge in [0.25, 0.3) is 0 Å². The Balaban J connectivity index is 2.60. The molecule has 0 aliphatic carbocycles. The molecular formula is C12H14INO2. The van der Waals surface area contributed by atoms with Crippen LogP contribution in [0.5, 0.6) is 0 Å². The smallest absolute Gasteiger partial charge is 0.148 e. The highest BCUT2D eigenvalue weighted by molar-refractivity contribution is 14.1. The van der Waals surface area contributed by atoms with Crippen molar-refractivity contribution < 1.29 is 9.15 Å². The molecule has 86 valence electrons. The largest absolute Gasteiger partial charge is 0.458 e. The maximum Gasteiger partial charge on any atom is 0.148 e. The van der Waals surface area contributed by atoms with Crippen LogP contribution in [0.15, 0.2) is 22.6 Å². The number of hydrogen-bond donors (Lipinski definition) is 1. The fourth-order valence-corrected chi connectivity index (χ4v) is 2.40. The second-order valence-electron chi connectivity index (χ2n) is 3.58. The molecule has 3 nitrogen and oxygen atoms in total. The first-order chi connectivity index (χ1) is 7.77. The highest BCUT2D eigenvalue weighted by atomic mass is 127. The molecule has 0 bridgehead atoms. The van der Waals surface area contributed by atoms with E-state index in [1.807, 2.05) is 19.2 Å². The van der Waals surface area contributed by atoms with Crippen molar-refractivity contribution in [2.75, 3.05) is 14.2 Å². The van der Waals surface area contributed by atoms with Crippen LogP contribution in [-0.2, 0) is 17.9 Å². The Morgan fingerprint density at radius 3 is 2.94 bits per heavy atom. The second kappa shape index (κ2) is 5.16. The van der Waals surface area contributed by atoms with Crippen molar-refractivity contribution in [3.63, 3.8) is 0 Å². The average molecular weight is 331 g/mol. The van der Waals surface area contributed by atoms with Crippen molar-refractivity contribution in [2.24, 2.45) is 0 Å². The molecular weight excluding hydrogens is 317 g/mol. The van der Waals surface area contributed by atoms with Crippen LogP contribution in [0.1, 0.15) is 11.3 Å². The lowest BCUT2D eigenvalue weighted by Gasteiger charge is -2.00. The van der Waals surface area contributed by atoms with Crippen molar-refractivity contribution in [1.29, 1.82) is 0 Å². The molecule has 0 saturated carbocycles. The predicted octanol–water partition coefficient (Wildman–Crippen LogP) is 2.90. The summed E-state index contributed by atoms with van der Waals surface area (Å²) in [5.41, 5.74) is 2.10. The third kappa shape index (κ3) is 2.09.